The third-order valence-corrected chi connectivity index (χ3v) is 4.98. The summed E-state index contributed by atoms with van der Waals surface area (Å²) in [5.41, 5.74) is 1.26. The van der Waals surface area contributed by atoms with Gasteiger partial charge in [0.05, 0.1) is 24.6 Å². The molecule has 142 valence electrons. The Balaban J connectivity index is 1.51. The highest BCUT2D eigenvalue weighted by Crippen LogP contribution is 2.22. The molecule has 0 aliphatic carbocycles. The average molecular weight is 388 g/mol. The molecule has 3 aromatic rings. The molecular weight excluding hydrogens is 368 g/mol. The summed E-state index contributed by atoms with van der Waals surface area (Å²) in [6, 6.07) is 10.5. The van der Waals surface area contributed by atoms with Crippen LogP contribution in [0.15, 0.2) is 51.0 Å². The van der Waals surface area contributed by atoms with Crippen molar-refractivity contribution in [3.8, 4) is 0 Å². The van der Waals surface area contributed by atoms with Crippen molar-refractivity contribution in [3.05, 3.63) is 57.2 Å². The molecular formula is C19H20N2O5S. The maximum absolute atomic E-state index is 12.1. The van der Waals surface area contributed by atoms with Gasteiger partial charge < -0.3 is 14.5 Å². The van der Waals surface area contributed by atoms with E-state index >= 15 is 0 Å². The van der Waals surface area contributed by atoms with Gasteiger partial charge in [-0.25, -0.2) is 4.79 Å². The molecule has 8 heteroatoms. The standard InChI is InChI=1S/C19H20N2O5S/c1-13(22)20-14(17-8-4-11-27-17)12-18(23)25-10-5-9-21-15-6-2-3-7-16(15)26-19(21)24/h2-4,6-8,11,14H,5,9-10,12H2,1H3,(H,20,22). The Morgan fingerprint density at radius 2 is 2.07 bits per heavy atom. The number of carbonyl (C=O) groups excluding carboxylic acids is 2. The number of esters is 1. The molecule has 0 spiro atoms. The molecule has 0 aliphatic heterocycles. The number of hydrogen-bond donors (Lipinski definition) is 1. The van der Waals surface area contributed by atoms with Crippen LogP contribution < -0.4 is 11.1 Å². The lowest BCUT2D eigenvalue weighted by atomic mass is 10.1. The van der Waals surface area contributed by atoms with E-state index in [2.05, 4.69) is 5.32 Å². The van der Waals surface area contributed by atoms with Gasteiger partial charge in [0.25, 0.3) is 0 Å². The lowest BCUT2D eigenvalue weighted by Gasteiger charge is -2.15. The molecule has 3 rings (SSSR count). The van der Waals surface area contributed by atoms with Gasteiger partial charge in [0.15, 0.2) is 5.58 Å². The van der Waals surface area contributed by atoms with Gasteiger partial charge in [-0.1, -0.05) is 18.2 Å². The molecule has 0 fully saturated rings. The number of hydrogen-bond acceptors (Lipinski definition) is 6. The second kappa shape index (κ2) is 8.68. The van der Waals surface area contributed by atoms with E-state index in [-0.39, 0.29) is 18.9 Å². The summed E-state index contributed by atoms with van der Waals surface area (Å²) in [6.07, 6.45) is 0.549. The minimum Gasteiger partial charge on any atom is -0.466 e. The van der Waals surface area contributed by atoms with Crippen LogP contribution in [0, 0.1) is 0 Å². The van der Waals surface area contributed by atoms with Gasteiger partial charge in [0.1, 0.15) is 0 Å². The van der Waals surface area contributed by atoms with Crippen LogP contribution in [0.4, 0.5) is 0 Å². The van der Waals surface area contributed by atoms with Gasteiger partial charge in [-0.2, -0.15) is 0 Å². The summed E-state index contributed by atoms with van der Waals surface area (Å²) in [5.74, 6) is -1.02. The second-order valence-electron chi connectivity index (χ2n) is 6.03. The number of oxazole rings is 1. The Hall–Kier alpha value is -2.87. The largest absolute Gasteiger partial charge is 0.466 e. The molecule has 27 heavy (non-hydrogen) atoms. The number of carbonyl (C=O) groups is 2. The van der Waals surface area contributed by atoms with E-state index in [1.807, 2.05) is 29.6 Å². The maximum Gasteiger partial charge on any atom is 0.419 e. The summed E-state index contributed by atoms with van der Waals surface area (Å²) < 4.78 is 12.0. The number of nitrogens with one attached hydrogen (secondary N) is 1. The summed E-state index contributed by atoms with van der Waals surface area (Å²) in [6.45, 7) is 1.99. The third-order valence-electron chi connectivity index (χ3n) is 4.00. The first kappa shape index (κ1) is 18.9. The van der Waals surface area contributed by atoms with E-state index in [1.54, 1.807) is 12.1 Å². The zero-order chi connectivity index (χ0) is 19.2. The summed E-state index contributed by atoms with van der Waals surface area (Å²) >= 11 is 1.47. The maximum atomic E-state index is 12.1. The number of rotatable bonds is 8. The number of thiophene rings is 1. The molecule has 1 atom stereocenters. The van der Waals surface area contributed by atoms with Gasteiger partial charge in [-0.15, -0.1) is 11.3 Å². The van der Waals surface area contributed by atoms with E-state index in [1.165, 1.54) is 22.8 Å². The van der Waals surface area contributed by atoms with Crippen LogP contribution in [0.25, 0.3) is 11.1 Å². The van der Waals surface area contributed by atoms with Crippen LogP contribution in [0.1, 0.15) is 30.7 Å². The molecule has 1 unspecified atom stereocenters. The SMILES string of the molecule is CC(=O)NC(CC(=O)OCCCn1c(=O)oc2ccccc21)c1cccs1. The van der Waals surface area contributed by atoms with Crippen molar-refractivity contribution < 1.29 is 18.7 Å². The van der Waals surface area contributed by atoms with Crippen LogP contribution in [0.5, 0.6) is 0 Å². The monoisotopic (exact) mass is 388 g/mol. The molecule has 2 aromatic heterocycles. The zero-order valence-corrected chi connectivity index (χ0v) is 15.7. The first-order valence-electron chi connectivity index (χ1n) is 8.59. The molecule has 2 heterocycles. The van der Waals surface area contributed by atoms with Crippen LogP contribution in [0.2, 0.25) is 0 Å². The van der Waals surface area contributed by atoms with Crippen LogP contribution in [0.3, 0.4) is 0 Å². The molecule has 0 radical (unpaired) electrons. The summed E-state index contributed by atoms with van der Waals surface area (Å²) in [7, 11) is 0. The number of nitrogens with zero attached hydrogens (tertiary/aromatic N) is 1. The highest BCUT2D eigenvalue weighted by Gasteiger charge is 2.19. The van der Waals surface area contributed by atoms with Crippen molar-refractivity contribution in [2.45, 2.75) is 32.4 Å². The zero-order valence-electron chi connectivity index (χ0n) is 14.8. The third kappa shape index (κ3) is 4.85. The normalized spacial score (nSPS) is 12.0. The Kier molecular flexibility index (Phi) is 6.08. The minimum absolute atomic E-state index is 0.0642. The lowest BCUT2D eigenvalue weighted by molar-refractivity contribution is -0.144. The van der Waals surface area contributed by atoms with Crippen molar-refractivity contribution in [2.24, 2.45) is 0 Å². The Morgan fingerprint density at radius 3 is 2.81 bits per heavy atom. The Bertz CT molecular complexity index is 974. The van der Waals surface area contributed by atoms with Crippen LogP contribution in [-0.4, -0.2) is 23.1 Å². The Morgan fingerprint density at radius 1 is 1.26 bits per heavy atom. The van der Waals surface area contributed by atoms with Gasteiger partial charge in [-0.05, 0) is 30.0 Å². The predicted molar refractivity (Wildman–Crippen MR) is 102 cm³/mol. The first-order chi connectivity index (χ1) is 13.0. The van der Waals surface area contributed by atoms with Crippen molar-refractivity contribution in [1.29, 1.82) is 0 Å². The fourth-order valence-electron chi connectivity index (χ4n) is 2.82. The predicted octanol–water partition coefficient (Wildman–Crippen LogP) is 2.86. The van der Waals surface area contributed by atoms with E-state index in [4.69, 9.17) is 9.15 Å². The fraction of sp³-hybridized carbons (Fsp3) is 0.316. The van der Waals surface area contributed by atoms with E-state index in [0.29, 0.717) is 18.5 Å². The summed E-state index contributed by atoms with van der Waals surface area (Å²) in [4.78, 5) is 36.3. The number of fused-ring (bicyclic) bond motifs is 1. The quantitative estimate of drug-likeness (QED) is 0.473. The highest BCUT2D eigenvalue weighted by atomic mass is 32.1. The molecule has 0 aliphatic rings. The Labute approximate surface area is 159 Å². The average Bonchev–Trinajstić information content (AvgIpc) is 3.26. The lowest BCUT2D eigenvalue weighted by Crippen LogP contribution is -2.28. The minimum atomic E-state index is -0.425. The number of benzene rings is 1. The molecule has 0 saturated heterocycles. The number of aryl methyl sites for hydroxylation is 1. The molecule has 0 saturated carbocycles. The van der Waals surface area contributed by atoms with Gasteiger partial charge in [0.2, 0.25) is 5.91 Å². The van der Waals surface area contributed by atoms with Crippen molar-refractivity contribution in [2.75, 3.05) is 6.61 Å². The number of ether oxygens (including phenoxy) is 1. The van der Waals surface area contributed by atoms with Gasteiger partial charge in [-0.3, -0.25) is 14.2 Å². The van der Waals surface area contributed by atoms with Gasteiger partial charge >= 0.3 is 11.7 Å². The fourth-order valence-corrected chi connectivity index (χ4v) is 3.60. The van der Waals surface area contributed by atoms with Crippen LogP contribution in [-0.2, 0) is 20.9 Å². The van der Waals surface area contributed by atoms with E-state index in [9.17, 15) is 14.4 Å². The highest BCUT2D eigenvalue weighted by molar-refractivity contribution is 7.10. The number of amides is 1. The molecule has 1 amide bonds. The van der Waals surface area contributed by atoms with Crippen LogP contribution >= 0.6 is 11.3 Å². The smallest absolute Gasteiger partial charge is 0.419 e. The van der Waals surface area contributed by atoms with E-state index in [0.717, 1.165) is 10.4 Å². The first-order valence-corrected chi connectivity index (χ1v) is 9.47. The van der Waals surface area contributed by atoms with Gasteiger partial charge in [0, 0.05) is 18.3 Å². The number of aromatic nitrogens is 1. The van der Waals surface area contributed by atoms with Crippen molar-refractivity contribution in [3.63, 3.8) is 0 Å². The van der Waals surface area contributed by atoms with E-state index < -0.39 is 17.8 Å². The summed E-state index contributed by atoms with van der Waals surface area (Å²) in [5, 5.41) is 4.66. The molecule has 0 bridgehead atoms. The molecule has 7 nitrogen and oxygen atoms in total. The van der Waals surface area contributed by atoms with Crippen molar-refractivity contribution in [1.82, 2.24) is 9.88 Å². The topological polar surface area (TPSA) is 90.5 Å². The molecule has 1 aromatic carbocycles. The molecule has 1 N–H and O–H groups in total. The van der Waals surface area contributed by atoms with Crippen molar-refractivity contribution >= 4 is 34.3 Å². The second-order valence-corrected chi connectivity index (χ2v) is 7.01. The number of para-hydroxylation sites is 2.